The second kappa shape index (κ2) is 6.41. The Labute approximate surface area is 89.1 Å². The van der Waals surface area contributed by atoms with Gasteiger partial charge in [0.2, 0.25) is 0 Å². The highest BCUT2D eigenvalue weighted by molar-refractivity contribution is 4.81. The van der Waals surface area contributed by atoms with Crippen molar-refractivity contribution in [2.75, 3.05) is 13.1 Å². The zero-order valence-electron chi connectivity index (χ0n) is 10.4. The van der Waals surface area contributed by atoms with Crippen LogP contribution in [0.2, 0.25) is 0 Å². The Morgan fingerprint density at radius 1 is 1.29 bits per heavy atom. The van der Waals surface area contributed by atoms with Gasteiger partial charge in [0.25, 0.3) is 0 Å². The second-order valence-electron chi connectivity index (χ2n) is 5.07. The molecule has 2 N–H and O–H groups in total. The monoisotopic (exact) mass is 201 g/mol. The van der Waals surface area contributed by atoms with Crippen LogP contribution in [0.1, 0.15) is 47.5 Å². The van der Waals surface area contributed by atoms with E-state index >= 15 is 0 Å². The zero-order chi connectivity index (χ0) is 11.2. The highest BCUT2D eigenvalue weighted by atomic mass is 16.3. The van der Waals surface area contributed by atoms with Crippen molar-refractivity contribution in [2.45, 2.75) is 53.1 Å². The standard InChI is InChI=1S/C12H27NO/c1-6-7-11(4)12(5,14)9-13-8-10(2)3/h10-11,13-14H,6-9H2,1-5H3. The van der Waals surface area contributed by atoms with Gasteiger partial charge in [0, 0.05) is 6.54 Å². The van der Waals surface area contributed by atoms with Gasteiger partial charge in [-0.15, -0.1) is 0 Å². The van der Waals surface area contributed by atoms with Gasteiger partial charge in [-0.05, 0) is 31.7 Å². The Morgan fingerprint density at radius 3 is 2.29 bits per heavy atom. The zero-order valence-corrected chi connectivity index (χ0v) is 10.4. The molecule has 0 aliphatic carbocycles. The molecule has 0 amide bonds. The number of nitrogens with one attached hydrogen (secondary N) is 1. The molecular weight excluding hydrogens is 174 g/mol. The minimum atomic E-state index is -0.565. The number of aliphatic hydroxyl groups is 1. The normalized spacial score (nSPS) is 18.2. The molecule has 0 saturated heterocycles. The first-order chi connectivity index (χ1) is 6.40. The molecule has 0 aliphatic heterocycles. The summed E-state index contributed by atoms with van der Waals surface area (Å²) in [6.07, 6.45) is 2.23. The summed E-state index contributed by atoms with van der Waals surface area (Å²) in [5, 5.41) is 13.5. The van der Waals surface area contributed by atoms with Gasteiger partial charge in [-0.25, -0.2) is 0 Å². The van der Waals surface area contributed by atoms with E-state index in [4.69, 9.17) is 0 Å². The summed E-state index contributed by atoms with van der Waals surface area (Å²) in [7, 11) is 0. The van der Waals surface area contributed by atoms with Crippen LogP contribution in [0.25, 0.3) is 0 Å². The molecule has 0 aromatic rings. The molecule has 0 saturated carbocycles. The van der Waals surface area contributed by atoms with Gasteiger partial charge in [-0.1, -0.05) is 34.1 Å². The first kappa shape index (κ1) is 13.9. The fraction of sp³-hybridized carbons (Fsp3) is 1.00. The van der Waals surface area contributed by atoms with E-state index in [0.717, 1.165) is 19.4 Å². The molecule has 0 fully saturated rings. The Balaban J connectivity index is 3.81. The van der Waals surface area contributed by atoms with Crippen LogP contribution >= 0.6 is 0 Å². The van der Waals surface area contributed by atoms with Gasteiger partial charge in [-0.3, -0.25) is 0 Å². The largest absolute Gasteiger partial charge is 0.389 e. The first-order valence-corrected chi connectivity index (χ1v) is 5.83. The SMILES string of the molecule is CCCC(C)C(C)(O)CNCC(C)C. The first-order valence-electron chi connectivity index (χ1n) is 5.83. The van der Waals surface area contributed by atoms with Gasteiger partial charge >= 0.3 is 0 Å². The summed E-state index contributed by atoms with van der Waals surface area (Å²) in [5.74, 6) is 1.01. The lowest BCUT2D eigenvalue weighted by molar-refractivity contribution is 0.00312. The molecule has 2 heteroatoms. The molecule has 0 bridgehead atoms. The molecule has 0 aromatic heterocycles. The average molecular weight is 201 g/mol. The lowest BCUT2D eigenvalue weighted by Crippen LogP contribution is -2.44. The summed E-state index contributed by atoms with van der Waals surface area (Å²) >= 11 is 0. The third-order valence-electron chi connectivity index (χ3n) is 2.82. The quantitative estimate of drug-likeness (QED) is 0.663. The summed E-state index contributed by atoms with van der Waals surface area (Å²) in [6.45, 7) is 12.3. The van der Waals surface area contributed by atoms with Crippen molar-refractivity contribution in [1.82, 2.24) is 5.32 Å². The Kier molecular flexibility index (Phi) is 6.38. The van der Waals surface area contributed by atoms with Crippen LogP contribution in [0.3, 0.4) is 0 Å². The van der Waals surface area contributed by atoms with E-state index < -0.39 is 5.60 Å². The molecule has 14 heavy (non-hydrogen) atoms. The van der Waals surface area contributed by atoms with Crippen molar-refractivity contribution in [3.05, 3.63) is 0 Å². The number of hydrogen-bond donors (Lipinski definition) is 2. The maximum Gasteiger partial charge on any atom is 0.0768 e. The van der Waals surface area contributed by atoms with Crippen molar-refractivity contribution in [3.8, 4) is 0 Å². The van der Waals surface area contributed by atoms with Gasteiger partial charge in [0.15, 0.2) is 0 Å². The van der Waals surface area contributed by atoms with Crippen molar-refractivity contribution >= 4 is 0 Å². The van der Waals surface area contributed by atoms with E-state index in [2.05, 4.69) is 33.0 Å². The van der Waals surface area contributed by atoms with E-state index in [1.54, 1.807) is 0 Å². The predicted octanol–water partition coefficient (Wildman–Crippen LogP) is 2.42. The number of rotatable bonds is 7. The molecule has 0 aliphatic rings. The summed E-state index contributed by atoms with van der Waals surface area (Å²) in [6, 6.07) is 0. The van der Waals surface area contributed by atoms with Crippen LogP contribution in [0.5, 0.6) is 0 Å². The fourth-order valence-electron chi connectivity index (χ4n) is 1.53. The van der Waals surface area contributed by atoms with Crippen LogP contribution in [-0.4, -0.2) is 23.8 Å². The summed E-state index contributed by atoms with van der Waals surface area (Å²) in [5.41, 5.74) is -0.565. The van der Waals surface area contributed by atoms with E-state index in [-0.39, 0.29) is 0 Å². The highest BCUT2D eigenvalue weighted by Gasteiger charge is 2.26. The molecular formula is C12H27NO. The molecule has 0 aromatic carbocycles. The van der Waals surface area contributed by atoms with Crippen LogP contribution in [0, 0.1) is 11.8 Å². The van der Waals surface area contributed by atoms with E-state index in [0.29, 0.717) is 18.4 Å². The third-order valence-corrected chi connectivity index (χ3v) is 2.82. The summed E-state index contributed by atoms with van der Waals surface area (Å²) in [4.78, 5) is 0. The molecule has 2 nitrogen and oxygen atoms in total. The van der Waals surface area contributed by atoms with Gasteiger partial charge in [0.05, 0.1) is 5.60 Å². The Hall–Kier alpha value is -0.0800. The predicted molar refractivity (Wildman–Crippen MR) is 62.4 cm³/mol. The molecule has 2 atom stereocenters. The minimum Gasteiger partial charge on any atom is -0.389 e. The molecule has 2 unspecified atom stereocenters. The van der Waals surface area contributed by atoms with Crippen LogP contribution in [0.15, 0.2) is 0 Å². The van der Waals surface area contributed by atoms with Crippen molar-refractivity contribution in [2.24, 2.45) is 11.8 Å². The Morgan fingerprint density at radius 2 is 1.86 bits per heavy atom. The molecule has 86 valence electrons. The fourth-order valence-corrected chi connectivity index (χ4v) is 1.53. The van der Waals surface area contributed by atoms with E-state index in [1.165, 1.54) is 0 Å². The minimum absolute atomic E-state index is 0.368. The van der Waals surface area contributed by atoms with Gasteiger partial charge in [0.1, 0.15) is 0 Å². The lowest BCUT2D eigenvalue weighted by Gasteiger charge is -2.30. The van der Waals surface area contributed by atoms with E-state index in [1.807, 2.05) is 6.92 Å². The maximum atomic E-state index is 10.2. The second-order valence-corrected chi connectivity index (χ2v) is 5.07. The van der Waals surface area contributed by atoms with E-state index in [9.17, 15) is 5.11 Å². The van der Waals surface area contributed by atoms with Crippen molar-refractivity contribution in [1.29, 1.82) is 0 Å². The van der Waals surface area contributed by atoms with Crippen molar-refractivity contribution in [3.63, 3.8) is 0 Å². The molecule has 0 radical (unpaired) electrons. The average Bonchev–Trinajstić information content (AvgIpc) is 2.03. The van der Waals surface area contributed by atoms with Gasteiger partial charge < -0.3 is 10.4 Å². The third kappa shape index (κ3) is 5.61. The molecule has 0 rings (SSSR count). The lowest BCUT2D eigenvalue weighted by atomic mass is 9.87. The van der Waals surface area contributed by atoms with Crippen LogP contribution in [-0.2, 0) is 0 Å². The smallest absolute Gasteiger partial charge is 0.0768 e. The Bertz CT molecular complexity index is 143. The van der Waals surface area contributed by atoms with Crippen LogP contribution < -0.4 is 5.32 Å². The topological polar surface area (TPSA) is 32.3 Å². The molecule has 0 heterocycles. The maximum absolute atomic E-state index is 10.2. The number of hydrogen-bond acceptors (Lipinski definition) is 2. The van der Waals surface area contributed by atoms with Crippen LogP contribution in [0.4, 0.5) is 0 Å². The van der Waals surface area contributed by atoms with Crippen molar-refractivity contribution < 1.29 is 5.11 Å². The summed E-state index contributed by atoms with van der Waals surface area (Å²) < 4.78 is 0. The van der Waals surface area contributed by atoms with Gasteiger partial charge in [-0.2, -0.15) is 0 Å². The molecule has 0 spiro atoms. The highest BCUT2D eigenvalue weighted by Crippen LogP contribution is 2.20.